The van der Waals surface area contributed by atoms with Crippen LogP contribution in [0.4, 0.5) is 11.4 Å². The third kappa shape index (κ3) is 3.59. The average Bonchev–Trinajstić information content (AvgIpc) is 2.55. The summed E-state index contributed by atoms with van der Waals surface area (Å²) in [7, 11) is -3.64. The molecule has 1 aliphatic heterocycles. The largest absolute Gasteiger partial charge is 0.312 e. The van der Waals surface area contributed by atoms with E-state index in [4.69, 9.17) is 0 Å². The number of anilines is 2. The Morgan fingerprint density at radius 2 is 1.79 bits per heavy atom. The molecule has 0 bridgehead atoms. The lowest BCUT2D eigenvalue weighted by Crippen LogP contribution is -2.35. The first-order chi connectivity index (χ1) is 11.5. The van der Waals surface area contributed by atoms with Crippen LogP contribution in [0.15, 0.2) is 53.4 Å². The molecule has 0 aromatic heterocycles. The molecule has 1 amide bonds. The van der Waals surface area contributed by atoms with Gasteiger partial charge in [-0.25, -0.2) is 8.42 Å². The third-order valence-electron chi connectivity index (χ3n) is 4.05. The zero-order valence-corrected chi connectivity index (χ0v) is 14.3. The van der Waals surface area contributed by atoms with E-state index in [2.05, 4.69) is 4.72 Å². The monoisotopic (exact) mass is 344 g/mol. The number of aryl methyl sites for hydroxylation is 1. The molecule has 1 heterocycles. The number of hydrogen-bond donors (Lipinski definition) is 1. The van der Waals surface area contributed by atoms with E-state index in [1.165, 1.54) is 12.1 Å². The zero-order chi connectivity index (χ0) is 17.2. The standard InChI is InChI=1S/C18H20N2O3S/c1-14-5-4-6-15(13-14)19-24(22,23)17-10-8-16(9-11-17)20-12-3-2-7-18(20)21/h4-6,8-11,13,19H,2-3,7,12H2,1H3. The predicted molar refractivity (Wildman–Crippen MR) is 94.6 cm³/mol. The molecule has 0 aliphatic carbocycles. The molecule has 0 radical (unpaired) electrons. The summed E-state index contributed by atoms with van der Waals surface area (Å²) in [5.41, 5.74) is 2.26. The van der Waals surface area contributed by atoms with Gasteiger partial charge in [-0.3, -0.25) is 9.52 Å². The number of rotatable bonds is 4. The van der Waals surface area contributed by atoms with E-state index in [1.807, 2.05) is 13.0 Å². The van der Waals surface area contributed by atoms with Gasteiger partial charge in [-0.2, -0.15) is 0 Å². The van der Waals surface area contributed by atoms with Gasteiger partial charge in [-0.15, -0.1) is 0 Å². The molecule has 126 valence electrons. The fourth-order valence-electron chi connectivity index (χ4n) is 2.81. The van der Waals surface area contributed by atoms with E-state index in [1.54, 1.807) is 35.2 Å². The van der Waals surface area contributed by atoms with Crippen LogP contribution in [0.1, 0.15) is 24.8 Å². The highest BCUT2D eigenvalue weighted by Crippen LogP contribution is 2.24. The highest BCUT2D eigenvalue weighted by Gasteiger charge is 2.20. The second kappa shape index (κ2) is 6.65. The normalized spacial score (nSPS) is 15.4. The summed E-state index contributed by atoms with van der Waals surface area (Å²) < 4.78 is 27.5. The number of nitrogens with zero attached hydrogens (tertiary/aromatic N) is 1. The summed E-state index contributed by atoms with van der Waals surface area (Å²) in [5.74, 6) is 0.0924. The molecule has 0 unspecified atom stereocenters. The minimum Gasteiger partial charge on any atom is -0.312 e. The summed E-state index contributed by atoms with van der Waals surface area (Å²) >= 11 is 0. The molecule has 2 aromatic rings. The third-order valence-corrected chi connectivity index (χ3v) is 5.45. The Bertz CT molecular complexity index is 845. The van der Waals surface area contributed by atoms with Gasteiger partial charge in [-0.1, -0.05) is 12.1 Å². The maximum atomic E-state index is 12.5. The molecule has 1 saturated heterocycles. The minimum absolute atomic E-state index is 0.0924. The Kier molecular flexibility index (Phi) is 4.57. The lowest BCUT2D eigenvalue weighted by molar-refractivity contribution is -0.119. The Morgan fingerprint density at radius 3 is 2.46 bits per heavy atom. The van der Waals surface area contributed by atoms with E-state index in [0.717, 1.165) is 24.1 Å². The Morgan fingerprint density at radius 1 is 1.04 bits per heavy atom. The molecule has 2 aromatic carbocycles. The van der Waals surface area contributed by atoms with Crippen molar-refractivity contribution in [1.29, 1.82) is 0 Å². The lowest BCUT2D eigenvalue weighted by Gasteiger charge is -2.26. The van der Waals surface area contributed by atoms with Gasteiger partial charge < -0.3 is 4.90 Å². The van der Waals surface area contributed by atoms with E-state index in [9.17, 15) is 13.2 Å². The van der Waals surface area contributed by atoms with Gasteiger partial charge in [-0.05, 0) is 61.7 Å². The van der Waals surface area contributed by atoms with Crippen molar-refractivity contribution >= 4 is 27.3 Å². The number of nitrogens with one attached hydrogen (secondary N) is 1. The summed E-state index contributed by atoms with van der Waals surface area (Å²) in [6.45, 7) is 2.59. The first kappa shape index (κ1) is 16.5. The summed E-state index contributed by atoms with van der Waals surface area (Å²) in [6.07, 6.45) is 2.44. The van der Waals surface area contributed by atoms with Crippen LogP contribution in [0.3, 0.4) is 0 Å². The van der Waals surface area contributed by atoms with Crippen LogP contribution in [0, 0.1) is 6.92 Å². The fourth-order valence-corrected chi connectivity index (χ4v) is 3.86. The van der Waals surface area contributed by atoms with E-state index < -0.39 is 10.0 Å². The molecule has 1 N–H and O–H groups in total. The van der Waals surface area contributed by atoms with Gasteiger partial charge in [0.05, 0.1) is 4.90 Å². The highest BCUT2D eigenvalue weighted by atomic mass is 32.2. The molecule has 0 atom stereocenters. The quantitative estimate of drug-likeness (QED) is 0.925. The van der Waals surface area contributed by atoms with Gasteiger partial charge in [0, 0.05) is 24.3 Å². The number of hydrogen-bond acceptors (Lipinski definition) is 3. The molecule has 24 heavy (non-hydrogen) atoms. The Labute approximate surface area is 142 Å². The van der Waals surface area contributed by atoms with Crippen molar-refractivity contribution < 1.29 is 13.2 Å². The molecule has 0 spiro atoms. The summed E-state index contributed by atoms with van der Waals surface area (Å²) in [4.78, 5) is 13.8. The molecular formula is C18H20N2O3S. The van der Waals surface area contributed by atoms with E-state index in [-0.39, 0.29) is 10.8 Å². The molecule has 1 aliphatic rings. The van der Waals surface area contributed by atoms with Crippen LogP contribution >= 0.6 is 0 Å². The van der Waals surface area contributed by atoms with Crippen LogP contribution in [-0.4, -0.2) is 20.9 Å². The fraction of sp³-hybridized carbons (Fsp3) is 0.278. The van der Waals surface area contributed by atoms with Gasteiger partial charge >= 0.3 is 0 Å². The molecule has 5 nitrogen and oxygen atoms in total. The van der Waals surface area contributed by atoms with E-state index in [0.29, 0.717) is 18.7 Å². The second-order valence-corrected chi connectivity index (χ2v) is 7.65. The molecule has 6 heteroatoms. The topological polar surface area (TPSA) is 66.5 Å². The van der Waals surface area contributed by atoms with Crippen molar-refractivity contribution in [2.45, 2.75) is 31.1 Å². The van der Waals surface area contributed by atoms with Crippen LogP contribution in [0.2, 0.25) is 0 Å². The number of benzene rings is 2. The molecule has 0 saturated carbocycles. The molecular weight excluding hydrogens is 324 g/mol. The van der Waals surface area contributed by atoms with Gasteiger partial charge in [0.25, 0.3) is 10.0 Å². The second-order valence-electron chi connectivity index (χ2n) is 5.97. The summed E-state index contributed by atoms with van der Waals surface area (Å²) in [6, 6.07) is 13.6. The van der Waals surface area contributed by atoms with Crippen LogP contribution in [0.5, 0.6) is 0 Å². The highest BCUT2D eigenvalue weighted by molar-refractivity contribution is 7.92. The van der Waals surface area contributed by atoms with Crippen molar-refractivity contribution in [3.8, 4) is 0 Å². The number of carbonyl (C=O) groups excluding carboxylic acids is 1. The molecule has 1 fully saturated rings. The maximum Gasteiger partial charge on any atom is 0.261 e. The van der Waals surface area contributed by atoms with Crippen molar-refractivity contribution in [3.63, 3.8) is 0 Å². The SMILES string of the molecule is Cc1cccc(NS(=O)(=O)c2ccc(N3CCCCC3=O)cc2)c1. The Balaban J connectivity index is 1.80. The first-order valence-corrected chi connectivity index (χ1v) is 9.44. The number of sulfonamides is 1. The minimum atomic E-state index is -3.64. The number of amides is 1. The smallest absolute Gasteiger partial charge is 0.261 e. The van der Waals surface area contributed by atoms with Crippen LogP contribution < -0.4 is 9.62 Å². The first-order valence-electron chi connectivity index (χ1n) is 7.96. The average molecular weight is 344 g/mol. The number of carbonyl (C=O) groups is 1. The zero-order valence-electron chi connectivity index (χ0n) is 13.5. The maximum absolute atomic E-state index is 12.5. The van der Waals surface area contributed by atoms with Crippen molar-refractivity contribution in [2.75, 3.05) is 16.2 Å². The lowest BCUT2D eigenvalue weighted by atomic mass is 10.1. The predicted octanol–water partition coefficient (Wildman–Crippen LogP) is 3.31. The van der Waals surface area contributed by atoms with Gasteiger partial charge in [0.1, 0.15) is 0 Å². The van der Waals surface area contributed by atoms with Crippen LogP contribution in [-0.2, 0) is 14.8 Å². The van der Waals surface area contributed by atoms with Gasteiger partial charge in [0.2, 0.25) is 5.91 Å². The van der Waals surface area contributed by atoms with E-state index >= 15 is 0 Å². The molecule has 3 rings (SSSR count). The summed E-state index contributed by atoms with van der Waals surface area (Å²) in [5, 5.41) is 0. The van der Waals surface area contributed by atoms with Crippen molar-refractivity contribution in [2.24, 2.45) is 0 Å². The van der Waals surface area contributed by atoms with Crippen molar-refractivity contribution in [3.05, 3.63) is 54.1 Å². The number of piperidine rings is 1. The Hall–Kier alpha value is -2.34. The van der Waals surface area contributed by atoms with Crippen molar-refractivity contribution in [1.82, 2.24) is 0 Å². The van der Waals surface area contributed by atoms with Crippen LogP contribution in [0.25, 0.3) is 0 Å². The van der Waals surface area contributed by atoms with Gasteiger partial charge in [0.15, 0.2) is 0 Å².